The molecule has 0 amide bonds. The molecule has 4 nitrogen and oxygen atoms in total. The Hall–Kier alpha value is -0.720. The van der Waals surface area contributed by atoms with Crippen molar-refractivity contribution in [2.75, 3.05) is 11.5 Å². The predicted octanol–water partition coefficient (Wildman–Crippen LogP) is 1.03. The summed E-state index contributed by atoms with van der Waals surface area (Å²) in [5.74, 6) is 0.855. The number of benzene rings is 1. The maximum absolute atomic E-state index is 11.1. The highest BCUT2D eigenvalue weighted by Gasteiger charge is 2.09. The zero-order valence-corrected chi connectivity index (χ0v) is 9.36. The molecule has 0 heterocycles. The second-order valence-electron chi connectivity index (χ2n) is 2.72. The molecule has 0 aliphatic rings. The molecule has 6 heteroatoms. The van der Waals surface area contributed by atoms with Gasteiger partial charge < -0.3 is 5.73 Å². The lowest BCUT2D eigenvalue weighted by molar-refractivity contribution is 0.597. The van der Waals surface area contributed by atoms with Crippen LogP contribution in [0.5, 0.6) is 0 Å². The van der Waals surface area contributed by atoms with Crippen molar-refractivity contribution in [2.45, 2.75) is 16.7 Å². The first-order chi connectivity index (χ1) is 6.43. The molecular formula is C8H12N2O2S2. The van der Waals surface area contributed by atoms with Gasteiger partial charge in [0, 0.05) is 10.6 Å². The second kappa shape index (κ2) is 4.20. The van der Waals surface area contributed by atoms with E-state index in [9.17, 15) is 8.42 Å². The molecule has 14 heavy (non-hydrogen) atoms. The van der Waals surface area contributed by atoms with Crippen molar-refractivity contribution in [1.82, 2.24) is 0 Å². The summed E-state index contributed by atoms with van der Waals surface area (Å²) >= 11 is 1.52. The van der Waals surface area contributed by atoms with E-state index >= 15 is 0 Å². The highest BCUT2D eigenvalue weighted by molar-refractivity contribution is 7.99. The summed E-state index contributed by atoms with van der Waals surface area (Å²) in [4.78, 5) is 0.880. The van der Waals surface area contributed by atoms with Gasteiger partial charge in [-0.2, -0.15) is 0 Å². The highest BCUT2D eigenvalue weighted by Crippen LogP contribution is 2.24. The first kappa shape index (κ1) is 11.4. The molecule has 0 bridgehead atoms. The minimum absolute atomic E-state index is 0.0634. The molecule has 0 radical (unpaired) electrons. The summed E-state index contributed by atoms with van der Waals surface area (Å²) in [5, 5.41) is 5.00. The van der Waals surface area contributed by atoms with E-state index < -0.39 is 10.0 Å². The van der Waals surface area contributed by atoms with Gasteiger partial charge in [0.2, 0.25) is 10.0 Å². The number of nitrogens with two attached hydrogens (primary N) is 2. The highest BCUT2D eigenvalue weighted by atomic mass is 32.2. The summed E-state index contributed by atoms with van der Waals surface area (Å²) in [6.45, 7) is 1.98. The van der Waals surface area contributed by atoms with E-state index in [0.29, 0.717) is 5.69 Å². The molecule has 1 aromatic carbocycles. The quantitative estimate of drug-likeness (QED) is 0.602. The molecule has 0 fully saturated rings. The van der Waals surface area contributed by atoms with Gasteiger partial charge in [-0.25, -0.2) is 13.6 Å². The molecule has 0 atom stereocenters. The zero-order valence-electron chi connectivity index (χ0n) is 7.73. The average Bonchev–Trinajstić information content (AvgIpc) is 2.02. The van der Waals surface area contributed by atoms with Crippen LogP contribution >= 0.6 is 11.8 Å². The van der Waals surface area contributed by atoms with Crippen LogP contribution in [0.25, 0.3) is 0 Å². The molecule has 78 valence electrons. The Balaban J connectivity index is 3.21. The van der Waals surface area contributed by atoms with E-state index in [2.05, 4.69) is 0 Å². The largest absolute Gasteiger partial charge is 0.399 e. The first-order valence-corrected chi connectivity index (χ1v) is 6.53. The van der Waals surface area contributed by atoms with Crippen LogP contribution in [0.4, 0.5) is 5.69 Å². The summed E-state index contributed by atoms with van der Waals surface area (Å²) < 4.78 is 22.1. The third kappa shape index (κ3) is 2.90. The van der Waals surface area contributed by atoms with Crippen molar-refractivity contribution in [3.8, 4) is 0 Å². The van der Waals surface area contributed by atoms with Crippen LogP contribution in [-0.4, -0.2) is 14.2 Å². The standard InChI is InChI=1S/C8H12N2O2S2/c1-2-13-7-3-6(9)4-8(5-7)14(10,11)12/h3-5H,2,9H2,1H3,(H2,10,11,12). The molecule has 1 aromatic rings. The number of thioether (sulfide) groups is 1. The fraction of sp³-hybridized carbons (Fsp3) is 0.250. The number of anilines is 1. The van der Waals surface area contributed by atoms with Crippen LogP contribution in [0.1, 0.15) is 6.92 Å². The van der Waals surface area contributed by atoms with Crippen LogP contribution in [0.3, 0.4) is 0 Å². The van der Waals surface area contributed by atoms with Gasteiger partial charge in [0.1, 0.15) is 0 Å². The van der Waals surface area contributed by atoms with Gasteiger partial charge in [0.05, 0.1) is 4.90 Å². The van der Waals surface area contributed by atoms with Gasteiger partial charge >= 0.3 is 0 Å². The fourth-order valence-corrected chi connectivity index (χ4v) is 2.44. The predicted molar refractivity (Wildman–Crippen MR) is 58.6 cm³/mol. The monoisotopic (exact) mass is 232 g/mol. The molecule has 0 spiro atoms. The molecule has 4 N–H and O–H groups in total. The lowest BCUT2D eigenvalue weighted by Crippen LogP contribution is -2.12. The van der Waals surface area contributed by atoms with E-state index in [1.165, 1.54) is 23.9 Å². The van der Waals surface area contributed by atoms with Crippen LogP contribution in [-0.2, 0) is 10.0 Å². The van der Waals surface area contributed by atoms with Crippen LogP contribution in [0.15, 0.2) is 28.0 Å². The molecule has 0 aromatic heterocycles. The number of rotatable bonds is 3. The molecular weight excluding hydrogens is 220 g/mol. The van der Waals surface area contributed by atoms with Crippen LogP contribution in [0, 0.1) is 0 Å². The number of primary sulfonamides is 1. The van der Waals surface area contributed by atoms with E-state index in [4.69, 9.17) is 10.9 Å². The van der Waals surface area contributed by atoms with Gasteiger partial charge in [-0.05, 0) is 24.0 Å². The molecule has 1 rings (SSSR count). The fourth-order valence-electron chi connectivity index (χ4n) is 1.01. The van der Waals surface area contributed by atoms with Gasteiger partial charge in [-0.1, -0.05) is 6.92 Å². The maximum Gasteiger partial charge on any atom is 0.238 e. The number of hydrogen-bond donors (Lipinski definition) is 2. The summed E-state index contributed by atoms with van der Waals surface area (Å²) in [5.41, 5.74) is 5.96. The van der Waals surface area contributed by atoms with E-state index in [-0.39, 0.29) is 4.90 Å². The Morgan fingerprint density at radius 1 is 1.36 bits per heavy atom. The topological polar surface area (TPSA) is 86.2 Å². The minimum atomic E-state index is -3.66. The maximum atomic E-state index is 11.1. The van der Waals surface area contributed by atoms with Gasteiger partial charge in [-0.15, -0.1) is 11.8 Å². The van der Waals surface area contributed by atoms with Crippen molar-refractivity contribution in [1.29, 1.82) is 0 Å². The molecule has 0 saturated heterocycles. The second-order valence-corrected chi connectivity index (χ2v) is 5.61. The normalized spacial score (nSPS) is 11.6. The third-order valence-corrected chi connectivity index (χ3v) is 3.29. The molecule has 0 saturated carbocycles. The Bertz CT molecular complexity index is 429. The van der Waals surface area contributed by atoms with Crippen molar-refractivity contribution < 1.29 is 8.42 Å². The molecule has 0 aliphatic heterocycles. The smallest absolute Gasteiger partial charge is 0.238 e. The number of hydrogen-bond acceptors (Lipinski definition) is 4. The minimum Gasteiger partial charge on any atom is -0.399 e. The Labute approximate surface area is 87.7 Å². The van der Waals surface area contributed by atoms with E-state index in [1.54, 1.807) is 6.07 Å². The van der Waals surface area contributed by atoms with E-state index in [1.807, 2.05) is 6.92 Å². The Morgan fingerprint density at radius 2 is 2.00 bits per heavy atom. The van der Waals surface area contributed by atoms with E-state index in [0.717, 1.165) is 10.6 Å². The van der Waals surface area contributed by atoms with Crippen LogP contribution < -0.4 is 10.9 Å². The summed E-state index contributed by atoms with van der Waals surface area (Å²) in [6, 6.07) is 4.61. The van der Waals surface area contributed by atoms with Gasteiger partial charge in [0.15, 0.2) is 0 Å². The number of sulfonamides is 1. The third-order valence-electron chi connectivity index (χ3n) is 1.54. The van der Waals surface area contributed by atoms with Crippen molar-refractivity contribution in [3.63, 3.8) is 0 Å². The van der Waals surface area contributed by atoms with Crippen LogP contribution in [0.2, 0.25) is 0 Å². The summed E-state index contributed by atoms with van der Waals surface area (Å²) in [7, 11) is -3.66. The number of nitrogen functional groups attached to an aromatic ring is 1. The summed E-state index contributed by atoms with van der Waals surface area (Å²) in [6.07, 6.45) is 0. The zero-order chi connectivity index (χ0) is 10.8. The Morgan fingerprint density at radius 3 is 2.50 bits per heavy atom. The molecule has 0 unspecified atom stereocenters. The molecule has 0 aliphatic carbocycles. The van der Waals surface area contributed by atoms with Gasteiger partial charge in [-0.3, -0.25) is 0 Å². The van der Waals surface area contributed by atoms with Crippen molar-refractivity contribution in [3.05, 3.63) is 18.2 Å². The van der Waals surface area contributed by atoms with Crippen molar-refractivity contribution in [2.24, 2.45) is 5.14 Å². The van der Waals surface area contributed by atoms with Crippen molar-refractivity contribution >= 4 is 27.5 Å². The Kier molecular flexibility index (Phi) is 3.41. The average molecular weight is 232 g/mol. The SMILES string of the molecule is CCSc1cc(N)cc(S(N)(=O)=O)c1. The lowest BCUT2D eigenvalue weighted by atomic mass is 10.3. The first-order valence-electron chi connectivity index (χ1n) is 3.99. The lowest BCUT2D eigenvalue weighted by Gasteiger charge is -2.04. The van der Waals surface area contributed by atoms with Gasteiger partial charge in [0.25, 0.3) is 0 Å².